The van der Waals surface area contributed by atoms with Gasteiger partial charge in [0.2, 0.25) is 11.1 Å². The molecule has 3 aromatic rings. The van der Waals surface area contributed by atoms with Gasteiger partial charge >= 0.3 is 0 Å². The number of benzene rings is 2. The third kappa shape index (κ3) is 4.10. The number of hydrogen-bond acceptors (Lipinski definition) is 5. The Morgan fingerprint density at radius 3 is 2.23 bits per heavy atom. The van der Waals surface area contributed by atoms with Gasteiger partial charge in [0.1, 0.15) is 11.4 Å². The molecule has 5 nitrogen and oxygen atoms in total. The molecule has 2 bridgehead atoms. The van der Waals surface area contributed by atoms with E-state index >= 15 is 0 Å². The highest BCUT2D eigenvalue weighted by Gasteiger charge is 2.40. The number of aromatic nitrogens is 3. The maximum absolute atomic E-state index is 12.5. The second kappa shape index (κ2) is 8.56. The lowest BCUT2D eigenvalue weighted by Gasteiger charge is -2.22. The van der Waals surface area contributed by atoms with Gasteiger partial charge in [0, 0.05) is 17.2 Å². The molecule has 0 saturated heterocycles. The lowest BCUT2D eigenvalue weighted by atomic mass is 9.95. The summed E-state index contributed by atoms with van der Waals surface area (Å²) in [6.07, 6.45) is 5.02. The van der Waals surface area contributed by atoms with E-state index in [1.807, 2.05) is 60.7 Å². The van der Waals surface area contributed by atoms with Crippen molar-refractivity contribution in [3.63, 3.8) is 0 Å². The fraction of sp³-hybridized carbons (Fsp3) is 0.333. The Morgan fingerprint density at radius 2 is 1.60 bits per heavy atom. The highest BCUT2D eigenvalue weighted by Crippen LogP contribution is 2.44. The van der Waals surface area contributed by atoms with Crippen molar-refractivity contribution in [2.75, 3.05) is 5.75 Å². The number of hydrogen-bond donors (Lipinski definition) is 1. The smallest absolute Gasteiger partial charge is 0.230 e. The van der Waals surface area contributed by atoms with Crippen LogP contribution in [0.5, 0.6) is 0 Å². The molecule has 0 aliphatic heterocycles. The molecule has 1 amide bonds. The van der Waals surface area contributed by atoms with Gasteiger partial charge in [-0.05, 0) is 31.1 Å². The van der Waals surface area contributed by atoms with Gasteiger partial charge in [-0.2, -0.15) is 0 Å². The van der Waals surface area contributed by atoms with Gasteiger partial charge in [0.25, 0.3) is 0 Å². The van der Waals surface area contributed by atoms with E-state index in [0.717, 1.165) is 34.9 Å². The number of amides is 1. The summed E-state index contributed by atoms with van der Waals surface area (Å²) in [5, 5.41) is 12.5. The molecule has 3 atom stereocenters. The van der Waals surface area contributed by atoms with Gasteiger partial charge in [-0.15, -0.1) is 10.2 Å². The molecule has 30 heavy (non-hydrogen) atoms. The molecule has 152 valence electrons. The van der Waals surface area contributed by atoms with Gasteiger partial charge in [-0.3, -0.25) is 4.79 Å². The number of carbonyl (C=O) groups is 1. The Balaban J connectivity index is 1.32. The molecule has 0 spiro atoms. The Hall–Kier alpha value is -2.73. The lowest BCUT2D eigenvalue weighted by Crippen LogP contribution is -2.39. The molecule has 2 aliphatic rings. The molecule has 2 aliphatic carbocycles. The topological polar surface area (TPSA) is 67.8 Å². The summed E-state index contributed by atoms with van der Waals surface area (Å²) in [4.78, 5) is 17.3. The summed E-state index contributed by atoms with van der Waals surface area (Å²) < 4.78 is 0. The van der Waals surface area contributed by atoms with E-state index in [2.05, 4.69) is 15.5 Å². The molecule has 1 aromatic heterocycles. The zero-order valence-corrected chi connectivity index (χ0v) is 17.5. The predicted octanol–water partition coefficient (Wildman–Crippen LogP) is 4.60. The molecule has 3 unspecified atom stereocenters. The zero-order valence-electron chi connectivity index (χ0n) is 16.7. The van der Waals surface area contributed by atoms with Crippen molar-refractivity contribution in [2.24, 2.45) is 11.8 Å². The minimum atomic E-state index is 0.0644. The fourth-order valence-corrected chi connectivity index (χ4v) is 5.36. The summed E-state index contributed by atoms with van der Waals surface area (Å²) in [6.45, 7) is 0. The van der Waals surface area contributed by atoms with E-state index in [1.54, 1.807) is 0 Å². The van der Waals surface area contributed by atoms with Crippen LogP contribution < -0.4 is 5.32 Å². The van der Waals surface area contributed by atoms with Crippen LogP contribution in [0, 0.1) is 11.8 Å². The predicted molar refractivity (Wildman–Crippen MR) is 119 cm³/mol. The molecule has 2 aromatic carbocycles. The van der Waals surface area contributed by atoms with Crippen LogP contribution in [0.1, 0.15) is 25.7 Å². The molecule has 2 saturated carbocycles. The van der Waals surface area contributed by atoms with Gasteiger partial charge in [-0.1, -0.05) is 78.8 Å². The van der Waals surface area contributed by atoms with E-state index in [9.17, 15) is 4.79 Å². The summed E-state index contributed by atoms with van der Waals surface area (Å²) >= 11 is 1.35. The molecule has 1 N–H and O–H groups in total. The number of nitrogens with zero attached hydrogens (tertiary/aromatic N) is 3. The van der Waals surface area contributed by atoms with Crippen molar-refractivity contribution in [2.45, 2.75) is 36.9 Å². The first kappa shape index (κ1) is 19.2. The van der Waals surface area contributed by atoms with Crippen LogP contribution in [0.15, 0.2) is 65.8 Å². The van der Waals surface area contributed by atoms with Gasteiger partial charge in [0.15, 0.2) is 0 Å². The molecule has 0 radical (unpaired) electrons. The van der Waals surface area contributed by atoms with Crippen molar-refractivity contribution in [3.05, 3.63) is 60.7 Å². The summed E-state index contributed by atoms with van der Waals surface area (Å²) in [6, 6.07) is 20.3. The van der Waals surface area contributed by atoms with Crippen LogP contribution in [0.4, 0.5) is 0 Å². The van der Waals surface area contributed by atoms with Crippen molar-refractivity contribution in [3.8, 4) is 22.5 Å². The average molecular weight is 417 g/mol. The van der Waals surface area contributed by atoms with E-state index < -0.39 is 0 Å². The number of carbonyl (C=O) groups excluding carboxylic acids is 1. The largest absolute Gasteiger partial charge is 0.352 e. The first-order valence-electron chi connectivity index (χ1n) is 10.5. The Labute approximate surface area is 180 Å². The second-order valence-electron chi connectivity index (χ2n) is 8.16. The maximum Gasteiger partial charge on any atom is 0.230 e. The monoisotopic (exact) mass is 416 g/mol. The van der Waals surface area contributed by atoms with Crippen LogP contribution >= 0.6 is 11.8 Å². The molecular formula is C24H24N4OS. The average Bonchev–Trinajstić information content (AvgIpc) is 3.42. The van der Waals surface area contributed by atoms with E-state index in [0.29, 0.717) is 22.9 Å². The van der Waals surface area contributed by atoms with E-state index in [1.165, 1.54) is 31.0 Å². The first-order chi connectivity index (χ1) is 14.8. The zero-order chi connectivity index (χ0) is 20.3. The number of fused-ring (bicyclic) bond motifs is 2. The third-order valence-corrected chi connectivity index (χ3v) is 7.02. The highest BCUT2D eigenvalue weighted by molar-refractivity contribution is 7.99. The third-order valence-electron chi connectivity index (χ3n) is 6.18. The molecule has 1 heterocycles. The van der Waals surface area contributed by atoms with E-state index in [-0.39, 0.29) is 5.91 Å². The lowest BCUT2D eigenvalue weighted by molar-refractivity contribution is -0.119. The van der Waals surface area contributed by atoms with Crippen molar-refractivity contribution in [1.82, 2.24) is 20.5 Å². The van der Waals surface area contributed by atoms with Gasteiger partial charge < -0.3 is 5.32 Å². The van der Waals surface area contributed by atoms with Crippen molar-refractivity contribution >= 4 is 17.7 Å². The summed E-state index contributed by atoms with van der Waals surface area (Å²) in [5.41, 5.74) is 3.49. The minimum absolute atomic E-state index is 0.0644. The van der Waals surface area contributed by atoms with Crippen LogP contribution in [0.3, 0.4) is 0 Å². The summed E-state index contributed by atoms with van der Waals surface area (Å²) in [7, 11) is 0. The number of thioether (sulfide) groups is 1. The number of nitrogens with one attached hydrogen (secondary N) is 1. The second-order valence-corrected chi connectivity index (χ2v) is 9.10. The number of rotatable bonds is 6. The molecule has 6 heteroatoms. The van der Waals surface area contributed by atoms with Crippen molar-refractivity contribution < 1.29 is 4.79 Å². The van der Waals surface area contributed by atoms with Crippen LogP contribution in [-0.2, 0) is 4.79 Å². The van der Waals surface area contributed by atoms with Crippen LogP contribution in [0.25, 0.3) is 22.5 Å². The van der Waals surface area contributed by atoms with Gasteiger partial charge in [-0.25, -0.2) is 4.98 Å². The van der Waals surface area contributed by atoms with Gasteiger partial charge in [0.05, 0.1) is 5.75 Å². The maximum atomic E-state index is 12.5. The minimum Gasteiger partial charge on any atom is -0.352 e. The Bertz CT molecular complexity index is 1030. The normalized spacial score (nSPS) is 22.2. The van der Waals surface area contributed by atoms with E-state index in [4.69, 9.17) is 4.98 Å². The van der Waals surface area contributed by atoms with Crippen molar-refractivity contribution in [1.29, 1.82) is 0 Å². The fourth-order valence-electron chi connectivity index (χ4n) is 4.76. The van der Waals surface area contributed by atoms with Crippen LogP contribution in [0.2, 0.25) is 0 Å². The SMILES string of the molecule is O=C(CSc1nnc(-c2ccccc2)c(-c2ccccc2)n1)NC1CC2CCC1C2. The standard InChI is InChI=1S/C24H24N4OS/c29-21(25-20-14-16-11-12-19(20)13-16)15-30-24-26-22(17-7-3-1-4-8-17)23(27-28-24)18-9-5-2-6-10-18/h1-10,16,19-20H,11-15H2,(H,25,29). The Kier molecular flexibility index (Phi) is 5.49. The quantitative estimate of drug-likeness (QED) is 0.595. The molecular weight excluding hydrogens is 392 g/mol. The highest BCUT2D eigenvalue weighted by atomic mass is 32.2. The molecule has 2 fully saturated rings. The summed E-state index contributed by atoms with van der Waals surface area (Å²) in [5.74, 6) is 1.87. The van der Waals surface area contributed by atoms with Crippen LogP contribution in [-0.4, -0.2) is 32.9 Å². The molecule has 5 rings (SSSR count). The Morgan fingerprint density at radius 1 is 0.900 bits per heavy atom. The first-order valence-corrected chi connectivity index (χ1v) is 11.5.